The van der Waals surface area contributed by atoms with Gasteiger partial charge < -0.3 is 10.6 Å². The van der Waals surface area contributed by atoms with E-state index in [4.69, 9.17) is 5.73 Å². The van der Waals surface area contributed by atoms with Crippen molar-refractivity contribution in [2.45, 2.75) is 65.5 Å². The number of aryl methyl sites for hydroxylation is 1. The van der Waals surface area contributed by atoms with Crippen LogP contribution < -0.4 is 10.6 Å². The maximum Gasteiger partial charge on any atom is 0.0408 e. The van der Waals surface area contributed by atoms with Gasteiger partial charge in [0.1, 0.15) is 0 Å². The van der Waals surface area contributed by atoms with E-state index in [1.807, 2.05) is 0 Å². The smallest absolute Gasteiger partial charge is 0.0408 e. The van der Waals surface area contributed by atoms with Crippen LogP contribution in [0.25, 0.3) is 0 Å². The topological polar surface area (TPSA) is 29.3 Å². The van der Waals surface area contributed by atoms with Gasteiger partial charge in [-0.15, -0.1) is 0 Å². The molecule has 0 saturated heterocycles. The second-order valence-electron chi connectivity index (χ2n) is 6.61. The number of fused-ring (bicyclic) bond motifs is 1. The fraction of sp³-hybridized carbons (Fsp3) is 0.647. The van der Waals surface area contributed by atoms with Gasteiger partial charge in [-0.1, -0.05) is 19.9 Å². The zero-order chi connectivity index (χ0) is 14.2. The zero-order valence-corrected chi connectivity index (χ0v) is 13.1. The molecular formula is C17H28N2. The third kappa shape index (κ3) is 2.51. The molecule has 106 valence electrons. The minimum Gasteiger partial charge on any atom is -0.366 e. The van der Waals surface area contributed by atoms with Gasteiger partial charge in [0.25, 0.3) is 0 Å². The Balaban J connectivity index is 2.55. The number of hydrogen-bond donors (Lipinski definition) is 1. The number of rotatable bonds is 3. The number of nitrogens with two attached hydrogens (primary N) is 1. The normalized spacial score (nSPS) is 21.4. The highest BCUT2D eigenvalue weighted by molar-refractivity contribution is 5.62. The average Bonchev–Trinajstić information content (AvgIpc) is 2.33. The molecule has 2 N–H and O–H groups in total. The van der Waals surface area contributed by atoms with Gasteiger partial charge in [0.15, 0.2) is 0 Å². The van der Waals surface area contributed by atoms with Crippen molar-refractivity contribution in [3.05, 3.63) is 28.8 Å². The quantitative estimate of drug-likeness (QED) is 0.891. The van der Waals surface area contributed by atoms with Gasteiger partial charge in [-0.25, -0.2) is 0 Å². The first kappa shape index (κ1) is 14.4. The lowest BCUT2D eigenvalue weighted by Gasteiger charge is -2.48. The summed E-state index contributed by atoms with van der Waals surface area (Å²) in [6.07, 6.45) is 2.40. The van der Waals surface area contributed by atoms with Gasteiger partial charge in [-0.3, -0.25) is 0 Å². The molecule has 19 heavy (non-hydrogen) atoms. The van der Waals surface area contributed by atoms with Gasteiger partial charge in [0.2, 0.25) is 0 Å². The molecule has 0 bridgehead atoms. The third-order valence-corrected chi connectivity index (χ3v) is 4.51. The predicted octanol–water partition coefficient (Wildman–Crippen LogP) is 3.96. The fourth-order valence-corrected chi connectivity index (χ4v) is 3.55. The maximum absolute atomic E-state index is 5.86. The summed E-state index contributed by atoms with van der Waals surface area (Å²) in [5.41, 5.74) is 11.6. The standard InChI is InChI=1S/C17H28N2/c1-6-7-19-16-8-12(2)14(11-18)9-15(16)13(3)10-17(19,4)5/h8-9,13H,6-7,10-11,18H2,1-5H3/t13-/m0/s1. The van der Waals surface area contributed by atoms with Crippen molar-refractivity contribution in [3.63, 3.8) is 0 Å². The molecule has 2 heteroatoms. The first-order valence-corrected chi connectivity index (χ1v) is 7.51. The number of hydrogen-bond acceptors (Lipinski definition) is 2. The SMILES string of the molecule is CCCN1c2cc(C)c(CN)cc2[C@@H](C)CC1(C)C. The van der Waals surface area contributed by atoms with Crippen LogP contribution in [-0.4, -0.2) is 12.1 Å². The van der Waals surface area contributed by atoms with Crippen molar-refractivity contribution >= 4 is 5.69 Å². The summed E-state index contributed by atoms with van der Waals surface area (Å²) < 4.78 is 0. The lowest BCUT2D eigenvalue weighted by atomic mass is 9.79. The van der Waals surface area contributed by atoms with E-state index in [1.165, 1.54) is 35.2 Å². The summed E-state index contributed by atoms with van der Waals surface area (Å²) in [5.74, 6) is 0.615. The molecule has 1 atom stereocenters. The van der Waals surface area contributed by atoms with E-state index in [1.54, 1.807) is 0 Å². The molecule has 0 fully saturated rings. The lowest BCUT2D eigenvalue weighted by Crippen LogP contribution is -2.48. The van der Waals surface area contributed by atoms with Crippen LogP contribution in [0.4, 0.5) is 5.69 Å². The van der Waals surface area contributed by atoms with Gasteiger partial charge >= 0.3 is 0 Å². The molecule has 0 amide bonds. The molecule has 1 aromatic carbocycles. The van der Waals surface area contributed by atoms with Crippen molar-refractivity contribution in [1.29, 1.82) is 0 Å². The Bertz CT molecular complexity index is 463. The summed E-state index contributed by atoms with van der Waals surface area (Å²) >= 11 is 0. The van der Waals surface area contributed by atoms with Gasteiger partial charge in [-0.05, 0) is 62.3 Å². The molecule has 0 aromatic heterocycles. The van der Waals surface area contributed by atoms with E-state index in [0.29, 0.717) is 12.5 Å². The highest BCUT2D eigenvalue weighted by Gasteiger charge is 2.35. The molecule has 1 aromatic rings. The van der Waals surface area contributed by atoms with Crippen molar-refractivity contribution < 1.29 is 0 Å². The Labute approximate surface area is 118 Å². The third-order valence-electron chi connectivity index (χ3n) is 4.51. The van der Waals surface area contributed by atoms with Gasteiger partial charge in [-0.2, -0.15) is 0 Å². The Morgan fingerprint density at radius 1 is 1.37 bits per heavy atom. The second kappa shape index (κ2) is 5.16. The predicted molar refractivity (Wildman–Crippen MR) is 83.8 cm³/mol. The molecule has 1 aliphatic rings. The fourth-order valence-electron chi connectivity index (χ4n) is 3.55. The van der Waals surface area contributed by atoms with Gasteiger partial charge in [0, 0.05) is 24.3 Å². The van der Waals surface area contributed by atoms with Crippen LogP contribution in [-0.2, 0) is 6.54 Å². The highest BCUT2D eigenvalue weighted by atomic mass is 15.2. The summed E-state index contributed by atoms with van der Waals surface area (Å²) in [7, 11) is 0. The van der Waals surface area contributed by atoms with Crippen molar-refractivity contribution in [2.75, 3.05) is 11.4 Å². The minimum atomic E-state index is 0.249. The Kier molecular flexibility index (Phi) is 3.91. The van der Waals surface area contributed by atoms with Crippen LogP contribution >= 0.6 is 0 Å². The highest BCUT2D eigenvalue weighted by Crippen LogP contribution is 2.44. The van der Waals surface area contributed by atoms with Crippen molar-refractivity contribution in [2.24, 2.45) is 5.73 Å². The number of anilines is 1. The van der Waals surface area contributed by atoms with E-state index in [0.717, 1.165) is 6.54 Å². The van der Waals surface area contributed by atoms with Crippen LogP contribution in [0.5, 0.6) is 0 Å². The lowest BCUT2D eigenvalue weighted by molar-refractivity contribution is 0.376. The molecule has 0 radical (unpaired) electrons. The number of nitrogens with zero attached hydrogens (tertiary/aromatic N) is 1. The molecule has 0 unspecified atom stereocenters. The zero-order valence-electron chi connectivity index (χ0n) is 13.1. The average molecular weight is 260 g/mol. The molecule has 2 rings (SSSR count). The van der Waals surface area contributed by atoms with E-state index in [2.05, 4.69) is 51.7 Å². The molecule has 0 aliphatic carbocycles. The van der Waals surface area contributed by atoms with Crippen LogP contribution in [0.2, 0.25) is 0 Å². The van der Waals surface area contributed by atoms with E-state index in [9.17, 15) is 0 Å². The van der Waals surface area contributed by atoms with E-state index >= 15 is 0 Å². The maximum atomic E-state index is 5.86. The minimum absolute atomic E-state index is 0.249. The molecule has 0 saturated carbocycles. The van der Waals surface area contributed by atoms with E-state index in [-0.39, 0.29) is 5.54 Å². The second-order valence-corrected chi connectivity index (χ2v) is 6.61. The first-order chi connectivity index (χ1) is 8.90. The van der Waals surface area contributed by atoms with Crippen LogP contribution in [0.3, 0.4) is 0 Å². The summed E-state index contributed by atoms with van der Waals surface area (Å²) in [6, 6.07) is 4.69. The first-order valence-electron chi connectivity index (χ1n) is 7.51. The Hall–Kier alpha value is -1.02. The van der Waals surface area contributed by atoms with E-state index < -0.39 is 0 Å². The molecule has 0 spiro atoms. The van der Waals surface area contributed by atoms with Gasteiger partial charge in [0.05, 0.1) is 0 Å². The summed E-state index contributed by atoms with van der Waals surface area (Å²) in [5, 5.41) is 0. The summed E-state index contributed by atoms with van der Waals surface area (Å²) in [6.45, 7) is 13.3. The Morgan fingerprint density at radius 2 is 2.05 bits per heavy atom. The molecule has 2 nitrogen and oxygen atoms in total. The Morgan fingerprint density at radius 3 is 2.63 bits per heavy atom. The molecular weight excluding hydrogens is 232 g/mol. The molecule has 1 heterocycles. The van der Waals surface area contributed by atoms with Crippen LogP contribution in [0.1, 0.15) is 63.1 Å². The van der Waals surface area contributed by atoms with Crippen molar-refractivity contribution in [1.82, 2.24) is 0 Å². The monoisotopic (exact) mass is 260 g/mol. The molecule has 1 aliphatic heterocycles. The largest absolute Gasteiger partial charge is 0.366 e. The summed E-state index contributed by atoms with van der Waals surface area (Å²) in [4.78, 5) is 2.59. The number of benzene rings is 1. The van der Waals surface area contributed by atoms with Crippen molar-refractivity contribution in [3.8, 4) is 0 Å². The van der Waals surface area contributed by atoms with Crippen LogP contribution in [0.15, 0.2) is 12.1 Å². The van der Waals surface area contributed by atoms with Crippen LogP contribution in [0, 0.1) is 6.92 Å².